The minimum atomic E-state index is -0.116. The Labute approximate surface area is 192 Å². The summed E-state index contributed by atoms with van der Waals surface area (Å²) in [5.74, 6) is 1.30. The second kappa shape index (κ2) is 9.92. The number of aromatic nitrogens is 2. The summed E-state index contributed by atoms with van der Waals surface area (Å²) in [5, 5.41) is 4.80. The highest BCUT2D eigenvalue weighted by atomic mass is 35.5. The zero-order valence-corrected chi connectivity index (χ0v) is 19.7. The third-order valence-electron chi connectivity index (χ3n) is 6.68. The van der Waals surface area contributed by atoms with E-state index >= 15 is 0 Å². The minimum absolute atomic E-state index is 0.00185. The van der Waals surface area contributed by atoms with Crippen molar-refractivity contribution in [2.24, 2.45) is 11.8 Å². The molecule has 168 valence electrons. The quantitative estimate of drug-likeness (QED) is 0.511. The van der Waals surface area contributed by atoms with Crippen LogP contribution in [0.2, 0.25) is 5.02 Å². The molecule has 0 spiro atoms. The fourth-order valence-corrected chi connectivity index (χ4v) is 5.59. The number of amides is 1. The Balaban J connectivity index is 1.53. The molecule has 31 heavy (non-hydrogen) atoms. The predicted octanol–water partition coefficient (Wildman–Crippen LogP) is 4.26. The largest absolute Gasteiger partial charge is 0.376 e. The lowest BCUT2D eigenvalue weighted by Gasteiger charge is -2.34. The minimum Gasteiger partial charge on any atom is -0.376 e. The molecule has 1 saturated carbocycles. The topological polar surface area (TPSA) is 73.2 Å². The van der Waals surface area contributed by atoms with Gasteiger partial charge in [0.1, 0.15) is 0 Å². The molecule has 2 aliphatic rings. The Hall–Kier alpha value is -1.57. The van der Waals surface area contributed by atoms with E-state index < -0.39 is 0 Å². The van der Waals surface area contributed by atoms with E-state index in [1.807, 2.05) is 0 Å². The third-order valence-corrected chi connectivity index (χ3v) is 7.89. The van der Waals surface area contributed by atoms with Crippen molar-refractivity contribution in [3.63, 3.8) is 0 Å². The molecule has 0 bridgehead atoms. The van der Waals surface area contributed by atoms with E-state index in [-0.39, 0.29) is 29.4 Å². The first-order valence-electron chi connectivity index (χ1n) is 11.2. The molecule has 8 heteroatoms. The summed E-state index contributed by atoms with van der Waals surface area (Å²) in [5.41, 5.74) is 0.438. The molecule has 1 aliphatic heterocycles. The lowest BCUT2D eigenvalue weighted by Crippen LogP contribution is -2.44. The zero-order chi connectivity index (χ0) is 22.0. The number of hydrogen-bond acceptors (Lipinski definition) is 5. The number of carbonyl (C=O) groups excluding carboxylic acids is 1. The maximum absolute atomic E-state index is 13.2. The number of ether oxygens (including phenoxy) is 1. The highest BCUT2D eigenvalue weighted by Crippen LogP contribution is 2.30. The molecule has 1 saturated heterocycles. The number of rotatable bonds is 6. The number of carbonyl (C=O) groups is 1. The molecule has 4 rings (SSSR count). The highest BCUT2D eigenvalue weighted by molar-refractivity contribution is 7.99. The van der Waals surface area contributed by atoms with Crippen LogP contribution in [0, 0.1) is 11.8 Å². The van der Waals surface area contributed by atoms with Crippen LogP contribution >= 0.6 is 23.4 Å². The van der Waals surface area contributed by atoms with Gasteiger partial charge in [0, 0.05) is 17.7 Å². The van der Waals surface area contributed by atoms with Gasteiger partial charge in [0.15, 0.2) is 5.16 Å². The van der Waals surface area contributed by atoms with Crippen LogP contribution in [0.25, 0.3) is 10.9 Å². The van der Waals surface area contributed by atoms with Crippen molar-refractivity contribution in [3.05, 3.63) is 33.6 Å². The molecular weight excluding hydrogens is 434 g/mol. The fourth-order valence-electron chi connectivity index (χ4n) is 4.60. The number of nitrogens with one attached hydrogen (secondary N) is 1. The van der Waals surface area contributed by atoms with Gasteiger partial charge in [-0.05, 0) is 49.3 Å². The van der Waals surface area contributed by atoms with Gasteiger partial charge in [0.25, 0.3) is 5.56 Å². The molecule has 2 fully saturated rings. The number of benzene rings is 1. The van der Waals surface area contributed by atoms with Gasteiger partial charge in [-0.2, -0.15) is 0 Å². The normalized spacial score (nSPS) is 26.3. The molecule has 1 N–H and O–H groups in total. The van der Waals surface area contributed by atoms with Crippen LogP contribution in [0.15, 0.2) is 28.2 Å². The van der Waals surface area contributed by atoms with Crippen molar-refractivity contribution in [1.82, 2.24) is 14.9 Å². The average Bonchev–Trinajstić information content (AvgIpc) is 3.25. The van der Waals surface area contributed by atoms with E-state index in [4.69, 9.17) is 21.3 Å². The number of fused-ring (bicyclic) bond motifs is 1. The van der Waals surface area contributed by atoms with Crippen LogP contribution in [-0.4, -0.2) is 40.0 Å². The standard InChI is InChI=1S/C23H30ClN3O3S/c1-14-5-3-7-19(15(14)2)25-21(28)13-31-23-26-20-11-16(24)8-9-18(20)22(29)27(23)12-17-6-4-10-30-17/h8-9,11,14-15,17,19H,3-7,10,12-13H2,1-2H3,(H,25,28). The van der Waals surface area contributed by atoms with Crippen molar-refractivity contribution in [3.8, 4) is 0 Å². The molecule has 1 aromatic carbocycles. The lowest BCUT2D eigenvalue weighted by molar-refractivity contribution is -0.120. The van der Waals surface area contributed by atoms with E-state index in [0.717, 1.165) is 32.3 Å². The van der Waals surface area contributed by atoms with Crippen LogP contribution < -0.4 is 10.9 Å². The van der Waals surface area contributed by atoms with E-state index in [1.165, 1.54) is 18.2 Å². The van der Waals surface area contributed by atoms with E-state index in [0.29, 0.717) is 39.5 Å². The summed E-state index contributed by atoms with van der Waals surface area (Å²) in [4.78, 5) is 30.6. The van der Waals surface area contributed by atoms with Gasteiger partial charge < -0.3 is 10.1 Å². The monoisotopic (exact) mass is 463 g/mol. The SMILES string of the molecule is CC1CCCC(NC(=O)CSc2nc3cc(Cl)ccc3c(=O)n2CC2CCCO2)C1C. The molecule has 2 heterocycles. The molecule has 2 aromatic rings. The molecule has 4 atom stereocenters. The van der Waals surface area contributed by atoms with Crippen LogP contribution in [-0.2, 0) is 16.1 Å². The maximum atomic E-state index is 13.2. The van der Waals surface area contributed by atoms with Gasteiger partial charge in [-0.1, -0.05) is 50.1 Å². The van der Waals surface area contributed by atoms with Gasteiger partial charge in [-0.3, -0.25) is 14.2 Å². The summed E-state index contributed by atoms with van der Waals surface area (Å²) in [6.45, 7) is 5.64. The summed E-state index contributed by atoms with van der Waals surface area (Å²) < 4.78 is 7.41. The van der Waals surface area contributed by atoms with Gasteiger partial charge in [-0.15, -0.1) is 0 Å². The van der Waals surface area contributed by atoms with E-state index in [9.17, 15) is 9.59 Å². The summed E-state index contributed by atoms with van der Waals surface area (Å²) in [6.07, 6.45) is 5.32. The zero-order valence-electron chi connectivity index (χ0n) is 18.1. The number of halogens is 1. The Morgan fingerprint density at radius 2 is 2.13 bits per heavy atom. The molecule has 0 radical (unpaired) electrons. The smallest absolute Gasteiger partial charge is 0.262 e. The van der Waals surface area contributed by atoms with Crippen molar-refractivity contribution in [2.75, 3.05) is 12.4 Å². The van der Waals surface area contributed by atoms with Crippen molar-refractivity contribution < 1.29 is 9.53 Å². The first-order valence-corrected chi connectivity index (χ1v) is 12.5. The van der Waals surface area contributed by atoms with E-state index in [1.54, 1.807) is 22.8 Å². The third kappa shape index (κ3) is 5.26. The Bertz CT molecular complexity index is 1010. The summed E-state index contributed by atoms with van der Waals surface area (Å²) in [6, 6.07) is 5.33. The Morgan fingerprint density at radius 1 is 1.29 bits per heavy atom. The molecule has 1 amide bonds. The molecule has 4 unspecified atom stereocenters. The first kappa shape index (κ1) is 22.6. The summed E-state index contributed by atoms with van der Waals surface area (Å²) >= 11 is 7.43. The van der Waals surface area contributed by atoms with Gasteiger partial charge in [0.2, 0.25) is 5.91 Å². The Kier molecular flexibility index (Phi) is 7.24. The van der Waals surface area contributed by atoms with Crippen LogP contribution in [0.1, 0.15) is 46.0 Å². The molecular formula is C23H30ClN3O3S. The first-order chi connectivity index (χ1) is 14.9. The number of thioether (sulfide) groups is 1. The van der Waals surface area contributed by atoms with Crippen molar-refractivity contribution in [2.45, 2.75) is 69.8 Å². The average molecular weight is 464 g/mol. The maximum Gasteiger partial charge on any atom is 0.262 e. The van der Waals surface area contributed by atoms with Crippen LogP contribution in [0.5, 0.6) is 0 Å². The lowest BCUT2D eigenvalue weighted by atomic mass is 9.78. The number of hydrogen-bond donors (Lipinski definition) is 1. The summed E-state index contributed by atoms with van der Waals surface area (Å²) in [7, 11) is 0. The second-order valence-corrected chi connectivity index (χ2v) is 10.2. The van der Waals surface area contributed by atoms with Gasteiger partial charge in [-0.25, -0.2) is 4.98 Å². The number of nitrogens with zero attached hydrogens (tertiary/aromatic N) is 2. The van der Waals surface area contributed by atoms with Crippen LogP contribution in [0.3, 0.4) is 0 Å². The predicted molar refractivity (Wildman–Crippen MR) is 125 cm³/mol. The van der Waals surface area contributed by atoms with Crippen LogP contribution in [0.4, 0.5) is 0 Å². The van der Waals surface area contributed by atoms with Gasteiger partial charge >= 0.3 is 0 Å². The van der Waals surface area contributed by atoms with Crippen molar-refractivity contribution in [1.29, 1.82) is 0 Å². The molecule has 6 nitrogen and oxygen atoms in total. The highest BCUT2D eigenvalue weighted by Gasteiger charge is 2.28. The molecule has 1 aromatic heterocycles. The van der Waals surface area contributed by atoms with E-state index in [2.05, 4.69) is 19.2 Å². The fraction of sp³-hybridized carbons (Fsp3) is 0.609. The second-order valence-electron chi connectivity index (χ2n) is 8.84. The molecule has 1 aliphatic carbocycles. The van der Waals surface area contributed by atoms with Crippen molar-refractivity contribution >= 4 is 40.2 Å². The Morgan fingerprint density at radius 3 is 2.90 bits per heavy atom. The van der Waals surface area contributed by atoms with Gasteiger partial charge in [0.05, 0.1) is 29.3 Å².